The second kappa shape index (κ2) is 4.83. The topological polar surface area (TPSA) is 46.2 Å². The summed E-state index contributed by atoms with van der Waals surface area (Å²) in [6.45, 7) is 7.80. The molecule has 4 heteroatoms. The van der Waals surface area contributed by atoms with Gasteiger partial charge in [-0.15, -0.1) is 0 Å². The molecule has 0 aliphatic heterocycles. The zero-order chi connectivity index (χ0) is 11.6. The molecule has 1 N–H and O–H groups in total. The van der Waals surface area contributed by atoms with E-state index in [9.17, 15) is 8.42 Å². The van der Waals surface area contributed by atoms with Crippen molar-refractivity contribution in [3.8, 4) is 0 Å². The van der Waals surface area contributed by atoms with Gasteiger partial charge in [0.25, 0.3) is 0 Å². The van der Waals surface area contributed by atoms with Crippen LogP contribution >= 0.6 is 0 Å². The van der Waals surface area contributed by atoms with E-state index in [-0.39, 0.29) is 11.3 Å². The first-order valence-electron chi connectivity index (χ1n) is 5.85. The Bertz CT molecular complexity index is 298. The molecule has 90 valence electrons. The normalized spacial score (nSPS) is 33.3. The first-order valence-corrected chi connectivity index (χ1v) is 7.40. The third-order valence-corrected chi connectivity index (χ3v) is 5.52. The van der Waals surface area contributed by atoms with E-state index in [1.54, 1.807) is 13.8 Å². The maximum atomic E-state index is 11.7. The molecule has 0 amide bonds. The zero-order valence-electron chi connectivity index (χ0n) is 10.2. The van der Waals surface area contributed by atoms with Crippen molar-refractivity contribution in [1.82, 2.24) is 4.72 Å². The first kappa shape index (κ1) is 13.0. The molecule has 15 heavy (non-hydrogen) atoms. The molecule has 1 aliphatic rings. The van der Waals surface area contributed by atoms with Crippen molar-refractivity contribution in [3.63, 3.8) is 0 Å². The van der Waals surface area contributed by atoms with Crippen molar-refractivity contribution in [2.75, 3.05) is 0 Å². The highest BCUT2D eigenvalue weighted by atomic mass is 32.2. The molecule has 3 unspecified atom stereocenters. The fourth-order valence-corrected chi connectivity index (χ4v) is 3.12. The Balaban J connectivity index is 2.65. The van der Waals surface area contributed by atoms with Gasteiger partial charge in [-0.1, -0.05) is 26.7 Å². The lowest BCUT2D eigenvalue weighted by atomic mass is 9.78. The monoisotopic (exact) mass is 233 g/mol. The highest BCUT2D eigenvalue weighted by Crippen LogP contribution is 2.30. The molecule has 0 radical (unpaired) electrons. The van der Waals surface area contributed by atoms with Crippen molar-refractivity contribution in [2.45, 2.75) is 58.2 Å². The number of nitrogens with one attached hydrogen (secondary N) is 1. The summed E-state index contributed by atoms with van der Waals surface area (Å²) in [6, 6.07) is 0.140. The van der Waals surface area contributed by atoms with E-state index >= 15 is 0 Å². The summed E-state index contributed by atoms with van der Waals surface area (Å²) in [7, 11) is -3.10. The minimum atomic E-state index is -3.10. The molecule has 0 aromatic rings. The van der Waals surface area contributed by atoms with Gasteiger partial charge in [0, 0.05) is 6.04 Å². The lowest BCUT2D eigenvalue weighted by molar-refractivity contribution is 0.226. The molecule has 0 bridgehead atoms. The second-order valence-electron chi connectivity index (χ2n) is 5.09. The number of sulfonamides is 1. The third-order valence-electron chi connectivity index (χ3n) is 3.64. The quantitative estimate of drug-likeness (QED) is 0.812. The molecule has 1 rings (SSSR count). The van der Waals surface area contributed by atoms with E-state index in [0.29, 0.717) is 11.8 Å². The first-order chi connectivity index (χ1) is 6.84. The summed E-state index contributed by atoms with van der Waals surface area (Å²) in [4.78, 5) is 0. The Kier molecular flexibility index (Phi) is 4.18. The molecule has 1 aliphatic carbocycles. The van der Waals surface area contributed by atoms with E-state index in [0.717, 1.165) is 12.8 Å². The summed E-state index contributed by atoms with van der Waals surface area (Å²) < 4.78 is 26.3. The van der Waals surface area contributed by atoms with Crippen LogP contribution in [0.3, 0.4) is 0 Å². The molecule has 0 aromatic carbocycles. The Hall–Kier alpha value is -0.0900. The van der Waals surface area contributed by atoms with Gasteiger partial charge < -0.3 is 0 Å². The van der Waals surface area contributed by atoms with Crippen molar-refractivity contribution in [3.05, 3.63) is 0 Å². The molecule has 1 fully saturated rings. The van der Waals surface area contributed by atoms with Crippen molar-refractivity contribution >= 4 is 10.0 Å². The Morgan fingerprint density at radius 2 is 1.80 bits per heavy atom. The molecule has 0 aromatic heterocycles. The number of rotatable bonds is 3. The van der Waals surface area contributed by atoms with E-state index in [4.69, 9.17) is 0 Å². The van der Waals surface area contributed by atoms with Crippen LogP contribution in [0.25, 0.3) is 0 Å². The highest BCUT2D eigenvalue weighted by Gasteiger charge is 2.30. The largest absolute Gasteiger partial charge is 0.214 e. The zero-order valence-corrected chi connectivity index (χ0v) is 11.0. The summed E-state index contributed by atoms with van der Waals surface area (Å²) in [5, 5.41) is -0.332. The van der Waals surface area contributed by atoms with Gasteiger partial charge in [-0.05, 0) is 32.1 Å². The lowest BCUT2D eigenvalue weighted by Gasteiger charge is -2.34. The highest BCUT2D eigenvalue weighted by molar-refractivity contribution is 7.90. The summed E-state index contributed by atoms with van der Waals surface area (Å²) in [5.41, 5.74) is 0. The van der Waals surface area contributed by atoms with Gasteiger partial charge in [0.15, 0.2) is 0 Å². The van der Waals surface area contributed by atoms with E-state index < -0.39 is 10.0 Å². The van der Waals surface area contributed by atoms with Crippen LogP contribution in [0.1, 0.15) is 47.0 Å². The molecule has 0 heterocycles. The SMILES string of the molecule is CC1CCCC(NS(=O)(=O)C(C)C)C1C. The van der Waals surface area contributed by atoms with Crippen LogP contribution < -0.4 is 4.72 Å². The van der Waals surface area contributed by atoms with Crippen molar-refractivity contribution in [1.29, 1.82) is 0 Å². The van der Waals surface area contributed by atoms with Gasteiger partial charge >= 0.3 is 0 Å². The van der Waals surface area contributed by atoms with Crippen LogP contribution in [0.15, 0.2) is 0 Å². The second-order valence-corrected chi connectivity index (χ2v) is 7.35. The molecule has 1 saturated carbocycles. The van der Waals surface area contributed by atoms with E-state index in [2.05, 4.69) is 18.6 Å². The van der Waals surface area contributed by atoms with Crippen LogP contribution in [0.2, 0.25) is 0 Å². The van der Waals surface area contributed by atoms with Gasteiger partial charge in [0.05, 0.1) is 5.25 Å². The molecule has 0 spiro atoms. The van der Waals surface area contributed by atoms with Gasteiger partial charge in [-0.2, -0.15) is 0 Å². The predicted octanol–water partition coefficient (Wildman–Crippen LogP) is 2.14. The summed E-state index contributed by atoms with van der Waals surface area (Å²) in [5.74, 6) is 1.07. The Morgan fingerprint density at radius 3 is 2.33 bits per heavy atom. The third kappa shape index (κ3) is 3.18. The fraction of sp³-hybridized carbons (Fsp3) is 1.00. The molecular formula is C11H23NO2S. The van der Waals surface area contributed by atoms with Crippen LogP contribution in [-0.2, 0) is 10.0 Å². The Morgan fingerprint density at radius 1 is 1.20 bits per heavy atom. The predicted molar refractivity (Wildman–Crippen MR) is 63.2 cm³/mol. The van der Waals surface area contributed by atoms with Gasteiger partial charge in [-0.25, -0.2) is 13.1 Å². The van der Waals surface area contributed by atoms with Crippen LogP contribution in [0, 0.1) is 11.8 Å². The molecule has 3 nitrogen and oxygen atoms in total. The minimum Gasteiger partial charge on any atom is -0.212 e. The minimum absolute atomic E-state index is 0.140. The average molecular weight is 233 g/mol. The lowest BCUT2D eigenvalue weighted by Crippen LogP contribution is -2.45. The maximum absolute atomic E-state index is 11.7. The summed E-state index contributed by atoms with van der Waals surface area (Å²) in [6.07, 6.45) is 3.34. The van der Waals surface area contributed by atoms with Gasteiger partial charge in [-0.3, -0.25) is 0 Å². The molecular weight excluding hydrogens is 210 g/mol. The van der Waals surface area contributed by atoms with Crippen LogP contribution in [-0.4, -0.2) is 19.7 Å². The van der Waals surface area contributed by atoms with E-state index in [1.165, 1.54) is 6.42 Å². The number of hydrogen-bond donors (Lipinski definition) is 1. The fourth-order valence-electron chi connectivity index (χ4n) is 2.10. The maximum Gasteiger partial charge on any atom is 0.214 e. The van der Waals surface area contributed by atoms with Gasteiger partial charge in [0.1, 0.15) is 0 Å². The molecule has 3 atom stereocenters. The molecule has 0 saturated heterocycles. The van der Waals surface area contributed by atoms with Crippen molar-refractivity contribution < 1.29 is 8.42 Å². The smallest absolute Gasteiger partial charge is 0.212 e. The Labute approximate surface area is 93.7 Å². The van der Waals surface area contributed by atoms with Crippen LogP contribution in [0.5, 0.6) is 0 Å². The van der Waals surface area contributed by atoms with Gasteiger partial charge in [0.2, 0.25) is 10.0 Å². The number of hydrogen-bond acceptors (Lipinski definition) is 2. The summed E-state index contributed by atoms with van der Waals surface area (Å²) >= 11 is 0. The van der Waals surface area contributed by atoms with Crippen molar-refractivity contribution in [2.24, 2.45) is 11.8 Å². The standard InChI is InChI=1S/C11H23NO2S/c1-8(2)15(13,14)12-11-7-5-6-9(3)10(11)4/h8-12H,5-7H2,1-4H3. The van der Waals surface area contributed by atoms with Crippen LogP contribution in [0.4, 0.5) is 0 Å². The van der Waals surface area contributed by atoms with E-state index in [1.807, 2.05) is 0 Å². The average Bonchev–Trinajstić information content (AvgIpc) is 2.12.